The second kappa shape index (κ2) is 18.1. The van der Waals surface area contributed by atoms with Gasteiger partial charge < -0.3 is 34.6 Å². The Kier molecular flexibility index (Phi) is 16.4. The number of carboxylic acids is 1. The van der Waals surface area contributed by atoms with E-state index in [9.17, 15) is 30.0 Å². The molecule has 5 unspecified atom stereocenters. The van der Waals surface area contributed by atoms with Crippen molar-refractivity contribution in [1.82, 2.24) is 0 Å². The summed E-state index contributed by atoms with van der Waals surface area (Å²) >= 11 is 0. The first-order chi connectivity index (χ1) is 16.7. The van der Waals surface area contributed by atoms with Crippen LogP contribution in [-0.4, -0.2) is 75.3 Å². The molecule has 0 saturated carbocycles. The maximum absolute atomic E-state index is 12.7. The highest BCUT2D eigenvalue weighted by atomic mass is 16.7. The first-order valence-electron chi connectivity index (χ1n) is 13.5. The third-order valence-corrected chi connectivity index (χ3v) is 6.49. The molecular weight excluding hydrogens is 456 g/mol. The normalized spacial score (nSPS) is 26.3. The molecule has 0 spiro atoms. The molecule has 7 atom stereocenters. The molecular formula is C26H48O9. The van der Waals surface area contributed by atoms with Crippen molar-refractivity contribution in [2.75, 3.05) is 0 Å². The number of esters is 1. The summed E-state index contributed by atoms with van der Waals surface area (Å²) < 4.78 is 17.0. The molecule has 1 aliphatic heterocycles. The molecule has 0 aliphatic carbocycles. The van der Waals surface area contributed by atoms with Gasteiger partial charge in [-0.25, -0.2) is 0 Å². The van der Waals surface area contributed by atoms with E-state index in [1.54, 1.807) is 6.92 Å². The summed E-state index contributed by atoms with van der Waals surface area (Å²) in [6.45, 7) is 5.82. The van der Waals surface area contributed by atoms with E-state index >= 15 is 0 Å². The zero-order valence-corrected chi connectivity index (χ0v) is 21.8. The predicted octanol–water partition coefficient (Wildman–Crippen LogP) is 3.70. The van der Waals surface area contributed by atoms with Crippen molar-refractivity contribution in [3.05, 3.63) is 0 Å². The van der Waals surface area contributed by atoms with Crippen molar-refractivity contribution in [3.63, 3.8) is 0 Å². The molecule has 1 aliphatic rings. The van der Waals surface area contributed by atoms with Gasteiger partial charge in [0.1, 0.15) is 24.4 Å². The van der Waals surface area contributed by atoms with Crippen molar-refractivity contribution in [1.29, 1.82) is 0 Å². The number of aliphatic hydroxyl groups excluding tert-OH is 3. The van der Waals surface area contributed by atoms with Crippen LogP contribution in [0, 0.1) is 0 Å². The summed E-state index contributed by atoms with van der Waals surface area (Å²) in [4.78, 5) is 24.0. The van der Waals surface area contributed by atoms with Gasteiger partial charge in [0.05, 0.1) is 25.0 Å². The first-order valence-corrected chi connectivity index (χ1v) is 13.5. The van der Waals surface area contributed by atoms with Crippen molar-refractivity contribution in [2.45, 2.75) is 154 Å². The number of ether oxygens (including phenoxy) is 3. The number of carbonyl (C=O) groups is 2. The van der Waals surface area contributed by atoms with Gasteiger partial charge in [0.2, 0.25) is 0 Å². The maximum atomic E-state index is 12.7. The largest absolute Gasteiger partial charge is 0.481 e. The van der Waals surface area contributed by atoms with E-state index in [4.69, 9.17) is 14.2 Å². The smallest absolute Gasteiger partial charge is 0.308 e. The quantitative estimate of drug-likeness (QED) is 0.153. The first kappa shape index (κ1) is 31.8. The Bertz CT molecular complexity index is 585. The molecule has 0 aromatic carbocycles. The number of aliphatic hydroxyl groups is 3. The van der Waals surface area contributed by atoms with Gasteiger partial charge in [0.15, 0.2) is 6.29 Å². The third kappa shape index (κ3) is 13.0. The number of carboxylic acid groups (broad SMARTS) is 1. The fourth-order valence-corrected chi connectivity index (χ4v) is 4.30. The molecule has 4 N–H and O–H groups in total. The summed E-state index contributed by atoms with van der Waals surface area (Å²) in [5.74, 6) is -1.57. The Morgan fingerprint density at radius 2 is 1.31 bits per heavy atom. The van der Waals surface area contributed by atoms with E-state index < -0.39 is 54.9 Å². The van der Waals surface area contributed by atoms with Gasteiger partial charge in [-0.1, -0.05) is 71.6 Å². The fraction of sp³-hybridized carbons (Fsp3) is 0.923. The van der Waals surface area contributed by atoms with E-state index in [0.717, 1.165) is 64.2 Å². The number of unbranched alkanes of at least 4 members (excludes halogenated alkanes) is 8. The van der Waals surface area contributed by atoms with E-state index in [2.05, 4.69) is 13.8 Å². The van der Waals surface area contributed by atoms with Crippen LogP contribution in [0.4, 0.5) is 0 Å². The SMILES string of the molecule is CCCCCCC[C@H](CC(=O)O)OC(=O)C[C@@H](CCCCCCC)OC1OC(C)C(O)C(O)C1O. The molecule has 1 heterocycles. The van der Waals surface area contributed by atoms with Crippen LogP contribution >= 0.6 is 0 Å². The van der Waals surface area contributed by atoms with Gasteiger partial charge in [0.25, 0.3) is 0 Å². The second-order valence-electron chi connectivity index (χ2n) is 9.76. The zero-order valence-electron chi connectivity index (χ0n) is 21.8. The Labute approximate surface area is 210 Å². The number of rotatable bonds is 19. The summed E-state index contributed by atoms with van der Waals surface area (Å²) in [7, 11) is 0. The lowest BCUT2D eigenvalue weighted by molar-refractivity contribution is -0.304. The predicted molar refractivity (Wildman–Crippen MR) is 131 cm³/mol. The molecule has 206 valence electrons. The molecule has 9 nitrogen and oxygen atoms in total. The van der Waals surface area contributed by atoms with E-state index in [1.807, 2.05) is 0 Å². The van der Waals surface area contributed by atoms with Crippen LogP contribution in [0.5, 0.6) is 0 Å². The van der Waals surface area contributed by atoms with Crippen LogP contribution in [0.25, 0.3) is 0 Å². The molecule has 1 saturated heterocycles. The number of aliphatic carboxylic acids is 1. The van der Waals surface area contributed by atoms with Gasteiger partial charge in [-0.3, -0.25) is 9.59 Å². The minimum absolute atomic E-state index is 0.112. The monoisotopic (exact) mass is 504 g/mol. The van der Waals surface area contributed by atoms with Crippen molar-refractivity contribution >= 4 is 11.9 Å². The van der Waals surface area contributed by atoms with Crippen molar-refractivity contribution in [2.24, 2.45) is 0 Å². The summed E-state index contributed by atoms with van der Waals surface area (Å²) in [6, 6.07) is 0. The lowest BCUT2D eigenvalue weighted by Crippen LogP contribution is -2.58. The average Bonchev–Trinajstić information content (AvgIpc) is 2.80. The topological polar surface area (TPSA) is 143 Å². The van der Waals surface area contributed by atoms with Crippen LogP contribution in [0.15, 0.2) is 0 Å². The molecule has 0 radical (unpaired) electrons. The Hall–Kier alpha value is -1.26. The van der Waals surface area contributed by atoms with Crippen molar-refractivity contribution < 1.29 is 44.2 Å². The van der Waals surface area contributed by atoms with Crippen LogP contribution in [0.3, 0.4) is 0 Å². The number of hydrogen-bond donors (Lipinski definition) is 4. The Morgan fingerprint density at radius 1 is 0.771 bits per heavy atom. The number of hydrogen-bond acceptors (Lipinski definition) is 8. The van der Waals surface area contributed by atoms with Crippen LogP contribution in [-0.2, 0) is 23.8 Å². The molecule has 0 aromatic rings. The molecule has 0 aromatic heterocycles. The molecule has 0 amide bonds. The van der Waals surface area contributed by atoms with Gasteiger partial charge in [0, 0.05) is 0 Å². The highest BCUT2D eigenvalue weighted by Gasteiger charge is 2.43. The standard InChI is InChI=1S/C26H48O9/c1-4-6-8-10-12-14-19(16-21(27)28)34-22(29)17-20(15-13-11-9-7-5-2)35-26-25(32)24(31)23(30)18(3)33-26/h18-20,23-26,30-32H,4-17H2,1-3H3,(H,27,28)/t18?,19-,20-,23?,24?,25?,26?/m1/s1. The maximum Gasteiger partial charge on any atom is 0.308 e. The minimum atomic E-state index is -1.46. The number of carbonyl (C=O) groups excluding carboxylic acids is 1. The van der Waals surface area contributed by atoms with E-state index in [0.29, 0.717) is 12.8 Å². The van der Waals surface area contributed by atoms with Gasteiger partial charge in [-0.05, 0) is 26.2 Å². The highest BCUT2D eigenvalue weighted by molar-refractivity contribution is 5.72. The fourth-order valence-electron chi connectivity index (χ4n) is 4.30. The lowest BCUT2D eigenvalue weighted by Gasteiger charge is -2.40. The lowest BCUT2D eigenvalue weighted by atomic mass is 9.99. The van der Waals surface area contributed by atoms with Crippen LogP contribution < -0.4 is 0 Å². The second-order valence-corrected chi connectivity index (χ2v) is 9.76. The summed E-state index contributed by atoms with van der Waals surface area (Å²) in [5, 5.41) is 39.5. The van der Waals surface area contributed by atoms with E-state index in [1.165, 1.54) is 0 Å². The molecule has 9 heteroatoms. The molecule has 1 rings (SSSR count). The molecule has 35 heavy (non-hydrogen) atoms. The van der Waals surface area contributed by atoms with Gasteiger partial charge in [-0.2, -0.15) is 0 Å². The summed E-state index contributed by atoms with van der Waals surface area (Å²) in [6.07, 6.45) is 3.42. The van der Waals surface area contributed by atoms with Crippen LogP contribution in [0.2, 0.25) is 0 Å². The third-order valence-electron chi connectivity index (χ3n) is 6.49. The van der Waals surface area contributed by atoms with Crippen molar-refractivity contribution in [3.8, 4) is 0 Å². The van der Waals surface area contributed by atoms with Gasteiger partial charge in [-0.15, -0.1) is 0 Å². The highest BCUT2D eigenvalue weighted by Crippen LogP contribution is 2.25. The Morgan fingerprint density at radius 3 is 1.86 bits per heavy atom. The van der Waals surface area contributed by atoms with Gasteiger partial charge >= 0.3 is 11.9 Å². The molecule has 1 fully saturated rings. The molecule has 0 bridgehead atoms. The Balaban J connectivity index is 2.72. The minimum Gasteiger partial charge on any atom is -0.481 e. The summed E-state index contributed by atoms with van der Waals surface area (Å²) in [5.41, 5.74) is 0. The zero-order chi connectivity index (χ0) is 26.2. The van der Waals surface area contributed by atoms with E-state index in [-0.39, 0.29) is 12.8 Å². The van der Waals surface area contributed by atoms with Crippen LogP contribution in [0.1, 0.15) is 111 Å². The average molecular weight is 505 g/mol.